The molecule has 1 heterocycles. The van der Waals surface area contributed by atoms with Gasteiger partial charge in [-0.15, -0.1) is 0 Å². The van der Waals surface area contributed by atoms with Gasteiger partial charge in [0.1, 0.15) is 0 Å². The fourth-order valence-corrected chi connectivity index (χ4v) is 1.69. The van der Waals surface area contributed by atoms with Gasteiger partial charge < -0.3 is 15.2 Å². The largest absolute Gasteiger partial charge is 0.350 e. The molecule has 3 heteroatoms. The second-order valence-electron chi connectivity index (χ2n) is 4.77. The number of nitrogens with two attached hydrogens (primary N) is 1. The Labute approximate surface area is 86.9 Å². The van der Waals surface area contributed by atoms with Gasteiger partial charge >= 0.3 is 0 Å². The van der Waals surface area contributed by atoms with Crippen molar-refractivity contribution in [1.82, 2.24) is 0 Å². The predicted octanol–water partition coefficient (Wildman–Crippen LogP) is 1.90. The van der Waals surface area contributed by atoms with Crippen molar-refractivity contribution >= 4 is 0 Å². The van der Waals surface area contributed by atoms with Crippen molar-refractivity contribution in [1.29, 1.82) is 0 Å². The summed E-state index contributed by atoms with van der Waals surface area (Å²) in [5.41, 5.74) is 5.98. The third-order valence-corrected chi connectivity index (χ3v) is 2.94. The predicted molar refractivity (Wildman–Crippen MR) is 57.0 cm³/mol. The van der Waals surface area contributed by atoms with Crippen LogP contribution in [0.4, 0.5) is 0 Å². The van der Waals surface area contributed by atoms with E-state index < -0.39 is 0 Å². The quantitative estimate of drug-likeness (QED) is 0.739. The Morgan fingerprint density at radius 2 is 1.93 bits per heavy atom. The van der Waals surface area contributed by atoms with Gasteiger partial charge in [0.15, 0.2) is 6.29 Å². The third-order valence-electron chi connectivity index (χ3n) is 2.94. The molecule has 0 aromatic heterocycles. The molecule has 2 N–H and O–H groups in total. The van der Waals surface area contributed by atoms with Crippen LogP contribution in [0.5, 0.6) is 0 Å². The molecule has 0 aromatic carbocycles. The average molecular weight is 201 g/mol. The van der Waals surface area contributed by atoms with Crippen molar-refractivity contribution in [3.63, 3.8) is 0 Å². The Balaban J connectivity index is 2.32. The van der Waals surface area contributed by atoms with E-state index in [-0.39, 0.29) is 11.7 Å². The Morgan fingerprint density at radius 1 is 1.36 bits per heavy atom. The summed E-state index contributed by atoms with van der Waals surface area (Å²) < 4.78 is 11.0. The molecule has 0 spiro atoms. The number of hydrogen-bond donors (Lipinski definition) is 1. The van der Waals surface area contributed by atoms with Gasteiger partial charge in [-0.1, -0.05) is 20.8 Å². The molecule has 1 saturated heterocycles. The number of rotatable bonds is 5. The van der Waals surface area contributed by atoms with Crippen LogP contribution in [0.3, 0.4) is 0 Å². The van der Waals surface area contributed by atoms with Gasteiger partial charge in [-0.25, -0.2) is 0 Å². The molecule has 0 bridgehead atoms. The molecule has 0 amide bonds. The zero-order valence-electron chi connectivity index (χ0n) is 9.58. The SMILES string of the molecule is CCC(N)CCC(C)(C)C1OCCO1. The summed E-state index contributed by atoms with van der Waals surface area (Å²) in [6.07, 6.45) is 3.12. The van der Waals surface area contributed by atoms with Crippen LogP contribution in [-0.4, -0.2) is 25.5 Å². The molecule has 1 rings (SSSR count). The normalized spacial score (nSPS) is 21.4. The summed E-state index contributed by atoms with van der Waals surface area (Å²) in [5, 5.41) is 0. The van der Waals surface area contributed by atoms with Gasteiger partial charge in [0.25, 0.3) is 0 Å². The molecule has 1 aliphatic rings. The van der Waals surface area contributed by atoms with Crippen LogP contribution in [0.15, 0.2) is 0 Å². The van der Waals surface area contributed by atoms with Crippen LogP contribution in [0.1, 0.15) is 40.0 Å². The highest BCUT2D eigenvalue weighted by atomic mass is 16.7. The molecule has 1 aliphatic heterocycles. The van der Waals surface area contributed by atoms with E-state index in [1.807, 2.05) is 0 Å². The van der Waals surface area contributed by atoms with E-state index in [4.69, 9.17) is 15.2 Å². The van der Waals surface area contributed by atoms with Crippen molar-refractivity contribution in [2.45, 2.75) is 52.4 Å². The molecule has 0 saturated carbocycles. The Bertz CT molecular complexity index is 165. The van der Waals surface area contributed by atoms with Gasteiger partial charge in [0, 0.05) is 11.5 Å². The highest BCUT2D eigenvalue weighted by Gasteiger charge is 2.33. The minimum absolute atomic E-state index is 0.0356. The van der Waals surface area contributed by atoms with E-state index in [0.29, 0.717) is 6.04 Å². The summed E-state index contributed by atoms with van der Waals surface area (Å²) in [5.74, 6) is 0. The summed E-state index contributed by atoms with van der Waals surface area (Å²) in [4.78, 5) is 0. The monoisotopic (exact) mass is 201 g/mol. The molecule has 0 aliphatic carbocycles. The molecule has 84 valence electrons. The van der Waals surface area contributed by atoms with E-state index in [1.54, 1.807) is 0 Å². The highest BCUT2D eigenvalue weighted by Crippen LogP contribution is 2.32. The molecule has 0 aromatic rings. The Hall–Kier alpha value is -0.120. The lowest BCUT2D eigenvalue weighted by Crippen LogP contribution is -2.32. The number of ether oxygens (including phenoxy) is 2. The maximum absolute atomic E-state index is 5.90. The summed E-state index contributed by atoms with van der Waals surface area (Å²) in [6, 6.07) is 0.315. The third kappa shape index (κ3) is 3.23. The molecule has 14 heavy (non-hydrogen) atoms. The molecule has 0 radical (unpaired) electrons. The Kier molecular flexibility index (Phi) is 4.35. The first-order valence-corrected chi connectivity index (χ1v) is 5.55. The van der Waals surface area contributed by atoms with Crippen LogP contribution in [0, 0.1) is 5.41 Å². The molecular weight excluding hydrogens is 178 g/mol. The summed E-state index contributed by atoms with van der Waals surface area (Å²) in [6.45, 7) is 7.96. The Morgan fingerprint density at radius 3 is 2.43 bits per heavy atom. The number of hydrogen-bond acceptors (Lipinski definition) is 3. The summed E-state index contributed by atoms with van der Waals surface area (Å²) >= 11 is 0. The lowest BCUT2D eigenvalue weighted by atomic mass is 9.85. The minimum Gasteiger partial charge on any atom is -0.350 e. The lowest BCUT2D eigenvalue weighted by Gasteiger charge is -2.30. The fourth-order valence-electron chi connectivity index (χ4n) is 1.69. The highest BCUT2D eigenvalue weighted by molar-refractivity contribution is 4.77. The van der Waals surface area contributed by atoms with Crippen LogP contribution in [0.25, 0.3) is 0 Å². The molecule has 1 fully saturated rings. The standard InChI is InChI=1S/C11H23NO2/c1-4-9(12)5-6-11(2,3)10-13-7-8-14-10/h9-10H,4-8,12H2,1-3H3. The van der Waals surface area contributed by atoms with Crippen molar-refractivity contribution in [2.24, 2.45) is 11.1 Å². The van der Waals surface area contributed by atoms with Crippen molar-refractivity contribution in [3.05, 3.63) is 0 Å². The van der Waals surface area contributed by atoms with Gasteiger partial charge in [-0.3, -0.25) is 0 Å². The van der Waals surface area contributed by atoms with Crippen molar-refractivity contribution in [2.75, 3.05) is 13.2 Å². The van der Waals surface area contributed by atoms with E-state index >= 15 is 0 Å². The minimum atomic E-state index is -0.0356. The van der Waals surface area contributed by atoms with Crippen LogP contribution >= 0.6 is 0 Å². The first kappa shape index (κ1) is 12.0. The maximum Gasteiger partial charge on any atom is 0.162 e. The fraction of sp³-hybridized carbons (Fsp3) is 1.00. The first-order valence-electron chi connectivity index (χ1n) is 5.55. The topological polar surface area (TPSA) is 44.5 Å². The lowest BCUT2D eigenvalue weighted by molar-refractivity contribution is -0.123. The molecule has 3 nitrogen and oxygen atoms in total. The van der Waals surface area contributed by atoms with Crippen LogP contribution in [0.2, 0.25) is 0 Å². The van der Waals surface area contributed by atoms with Gasteiger partial charge in [0.05, 0.1) is 13.2 Å². The van der Waals surface area contributed by atoms with E-state index in [2.05, 4.69) is 20.8 Å². The molecule has 1 unspecified atom stereocenters. The van der Waals surface area contributed by atoms with E-state index in [9.17, 15) is 0 Å². The second-order valence-corrected chi connectivity index (χ2v) is 4.77. The first-order chi connectivity index (χ1) is 6.56. The van der Waals surface area contributed by atoms with Crippen LogP contribution < -0.4 is 5.73 Å². The van der Waals surface area contributed by atoms with Gasteiger partial charge in [-0.05, 0) is 19.3 Å². The zero-order valence-corrected chi connectivity index (χ0v) is 9.58. The maximum atomic E-state index is 5.90. The second kappa shape index (κ2) is 5.10. The van der Waals surface area contributed by atoms with Crippen molar-refractivity contribution < 1.29 is 9.47 Å². The van der Waals surface area contributed by atoms with Gasteiger partial charge in [0.2, 0.25) is 0 Å². The van der Waals surface area contributed by atoms with E-state index in [1.165, 1.54) is 0 Å². The van der Waals surface area contributed by atoms with Gasteiger partial charge in [-0.2, -0.15) is 0 Å². The molecule has 1 atom stereocenters. The average Bonchev–Trinajstić information content (AvgIpc) is 2.67. The van der Waals surface area contributed by atoms with Crippen LogP contribution in [-0.2, 0) is 9.47 Å². The molecular formula is C11H23NO2. The zero-order chi connectivity index (χ0) is 10.6. The van der Waals surface area contributed by atoms with Crippen molar-refractivity contribution in [3.8, 4) is 0 Å². The summed E-state index contributed by atoms with van der Waals surface area (Å²) in [7, 11) is 0. The smallest absolute Gasteiger partial charge is 0.162 e. The van der Waals surface area contributed by atoms with E-state index in [0.717, 1.165) is 32.5 Å².